The summed E-state index contributed by atoms with van der Waals surface area (Å²) in [5.41, 5.74) is 5.19. The average molecular weight is 858 g/mol. The number of nitrogens with zero attached hydrogens (tertiary/aromatic N) is 7. The van der Waals surface area contributed by atoms with Crippen LogP contribution in [0.5, 0.6) is 0 Å². The minimum atomic E-state index is -4.54. The first-order chi connectivity index (χ1) is 27.2. The molecular formula is C31H41N9O14P2S. The van der Waals surface area contributed by atoms with Crippen LogP contribution in [0.4, 0.5) is 10.6 Å². The van der Waals surface area contributed by atoms with Crippen molar-refractivity contribution >= 4 is 60.3 Å². The number of phosphoric ester groups is 1. The summed E-state index contributed by atoms with van der Waals surface area (Å²) in [4.78, 5) is 49.0. The van der Waals surface area contributed by atoms with Gasteiger partial charge < -0.3 is 39.3 Å². The number of ether oxygens (including phenoxy) is 4. The van der Waals surface area contributed by atoms with Crippen LogP contribution in [0.3, 0.4) is 0 Å². The van der Waals surface area contributed by atoms with Gasteiger partial charge in [-0.25, -0.2) is 38.8 Å². The zero-order valence-corrected chi connectivity index (χ0v) is 33.8. The summed E-state index contributed by atoms with van der Waals surface area (Å²) in [6, 6.07) is -0.774. The van der Waals surface area contributed by atoms with Crippen molar-refractivity contribution in [1.29, 1.82) is 0 Å². The Kier molecular flexibility index (Phi) is 10.8. The predicted octanol–water partition coefficient (Wildman–Crippen LogP) is 3.01. The molecule has 2 aliphatic heterocycles. The molecule has 26 heteroatoms. The summed E-state index contributed by atoms with van der Waals surface area (Å²) >= 11 is 0.538. The van der Waals surface area contributed by atoms with Crippen LogP contribution in [-0.4, -0.2) is 120 Å². The molecule has 2 bridgehead atoms. The first kappa shape index (κ1) is 40.2. The molecule has 2 saturated heterocycles. The number of nitrogens with two attached hydrogens (primary N) is 1. The Hall–Kier alpha value is -3.54. The Labute approximate surface area is 327 Å². The molecule has 23 nitrogen and oxygen atoms in total. The molecule has 4 N–H and O–H groups in total. The Morgan fingerprint density at radius 2 is 1.91 bits per heavy atom. The number of imidazole rings is 2. The number of aliphatic hydroxyl groups is 1. The van der Waals surface area contributed by atoms with Crippen LogP contribution < -0.4 is 11.3 Å². The smallest absolute Gasteiger partial charge is 0.432 e. The second-order valence-electron chi connectivity index (χ2n) is 14.1. The Morgan fingerprint density at radius 3 is 2.67 bits per heavy atom. The summed E-state index contributed by atoms with van der Waals surface area (Å²) in [7, 11) is -3.18. The molecule has 6 heterocycles. The molecular weight excluding hydrogens is 816 g/mol. The number of aromatic nitrogens is 8. The van der Waals surface area contributed by atoms with E-state index in [1.165, 1.54) is 30.7 Å². The van der Waals surface area contributed by atoms with Gasteiger partial charge in [0.15, 0.2) is 34.8 Å². The first-order valence-electron chi connectivity index (χ1n) is 17.9. The van der Waals surface area contributed by atoms with Crippen molar-refractivity contribution in [3.8, 4) is 0 Å². The van der Waals surface area contributed by atoms with Crippen molar-refractivity contribution < 1.29 is 60.6 Å². The predicted molar refractivity (Wildman–Crippen MR) is 197 cm³/mol. The molecule has 0 radical (unpaired) electrons. The molecule has 1 spiro atoms. The van der Waals surface area contributed by atoms with Crippen LogP contribution >= 0.6 is 26.0 Å². The number of hydrogen-bond donors (Lipinski definition) is 3. The lowest BCUT2D eigenvalue weighted by Gasteiger charge is -2.32. The lowest BCUT2D eigenvalue weighted by Crippen LogP contribution is -2.38. The van der Waals surface area contributed by atoms with Crippen LogP contribution in [0.15, 0.2) is 23.8 Å². The summed E-state index contributed by atoms with van der Waals surface area (Å²) in [5.74, 6) is -0.550. The normalized spacial score (nSPS) is 35.4. The molecule has 2 aliphatic carbocycles. The number of methoxy groups -OCH3 is 1. The quantitative estimate of drug-likeness (QED) is 0.124. The number of carbonyl (C=O) groups excluding carboxylic acids is 1. The van der Waals surface area contributed by atoms with Crippen LogP contribution in [0.1, 0.15) is 45.3 Å². The van der Waals surface area contributed by atoms with Crippen LogP contribution in [-0.2, 0) is 50.7 Å². The van der Waals surface area contributed by atoms with Gasteiger partial charge in [-0.2, -0.15) is 0 Å². The van der Waals surface area contributed by atoms with Gasteiger partial charge in [0.1, 0.15) is 48.2 Å². The second kappa shape index (κ2) is 15.2. The van der Waals surface area contributed by atoms with Gasteiger partial charge in [0.05, 0.1) is 44.6 Å². The van der Waals surface area contributed by atoms with E-state index in [2.05, 4.69) is 29.9 Å². The lowest BCUT2D eigenvalue weighted by molar-refractivity contribution is -0.0612. The van der Waals surface area contributed by atoms with Gasteiger partial charge in [0, 0.05) is 23.9 Å². The highest BCUT2D eigenvalue weighted by Crippen LogP contribution is 2.74. The standard InChI is InChI=1S/C31H41N9O14P2S/c1-6-48-55(44)50-9-31-7-16(31)20(39-11-35-18-25(32)33-10-34-26(18)39)21(41)24(31)54-56(45,57-13-47-30(43)51-14(2)3)49-8-17-22(46-5)23(53-55)29(52-17)40-12-36-19-27(40)37-15(4)38-28(19)42/h10-12,14,16-17,20-24,29,41H,6-9,13H2,1-5H3,(H2,32,33,34)(H,37,38,42)/t16-,17-,20-,21+,22-,23-,24+,29-,31-,55-,56-/m1/s1. The second-order valence-corrected chi connectivity index (χ2v) is 19.7. The fraction of sp³-hybridized carbons (Fsp3) is 0.645. The van der Waals surface area contributed by atoms with E-state index in [0.717, 1.165) is 0 Å². The van der Waals surface area contributed by atoms with E-state index < -0.39 is 99.1 Å². The van der Waals surface area contributed by atoms with Crippen LogP contribution in [0.2, 0.25) is 0 Å². The fourth-order valence-electron chi connectivity index (χ4n) is 7.82. The number of carbonyl (C=O) groups is 1. The SMILES string of the molecule is CCO[P@]1(=O)OC[C@]23C[C@@H]2[C@@H](n2cnc4c(N)ncnc42)[C@H](O)[C@@H]3O[P@](=O)(SCOC(=O)OC(C)C)OC[C@H]2O[C@@H](n3cnc4c(=O)[nH]c(C)nc43)[C@H](O1)[C@@H]2OC. The van der Waals surface area contributed by atoms with Crippen LogP contribution in [0, 0.1) is 18.3 Å². The third-order valence-electron chi connectivity index (χ3n) is 10.3. The number of H-pyrrole nitrogens is 1. The monoisotopic (exact) mass is 857 g/mol. The number of aromatic amines is 1. The van der Waals surface area contributed by atoms with E-state index in [1.807, 2.05) is 0 Å². The van der Waals surface area contributed by atoms with E-state index in [0.29, 0.717) is 29.0 Å². The molecule has 0 aromatic carbocycles. The maximum absolute atomic E-state index is 14.9. The van der Waals surface area contributed by atoms with Crippen molar-refractivity contribution in [2.45, 2.75) is 83.0 Å². The maximum Gasteiger partial charge on any atom is 0.509 e. The molecule has 0 amide bonds. The number of hydrogen-bond acceptors (Lipinski definition) is 21. The minimum Gasteiger partial charge on any atom is -0.432 e. The number of rotatable bonds is 9. The molecule has 4 fully saturated rings. The summed E-state index contributed by atoms with van der Waals surface area (Å²) in [6.07, 6.45) is -4.50. The molecule has 11 atom stereocenters. The summed E-state index contributed by atoms with van der Waals surface area (Å²) in [5, 5.41) is 12.1. The fourth-order valence-corrected chi connectivity index (χ4v) is 12.1. The molecule has 0 unspecified atom stereocenters. The van der Waals surface area contributed by atoms with E-state index in [1.54, 1.807) is 32.3 Å². The van der Waals surface area contributed by atoms with Gasteiger partial charge in [-0.3, -0.25) is 32.0 Å². The average Bonchev–Trinajstić information content (AvgIpc) is 3.44. The molecule has 2 saturated carbocycles. The number of nitrogens with one attached hydrogen (secondary N) is 1. The van der Waals surface area contributed by atoms with Crippen molar-refractivity contribution in [3.05, 3.63) is 35.2 Å². The maximum atomic E-state index is 14.9. The molecule has 57 heavy (non-hydrogen) atoms. The molecule has 8 rings (SSSR count). The summed E-state index contributed by atoms with van der Waals surface area (Å²) < 4.78 is 85.7. The number of phosphoric acid groups is 1. The van der Waals surface area contributed by atoms with Crippen molar-refractivity contribution in [1.82, 2.24) is 39.0 Å². The van der Waals surface area contributed by atoms with Crippen LogP contribution in [0.25, 0.3) is 22.3 Å². The highest BCUT2D eigenvalue weighted by molar-refractivity contribution is 8.55. The Bertz CT molecular complexity index is 2330. The van der Waals surface area contributed by atoms with Gasteiger partial charge >= 0.3 is 20.8 Å². The van der Waals surface area contributed by atoms with Gasteiger partial charge in [0.2, 0.25) is 0 Å². The third kappa shape index (κ3) is 7.28. The molecule has 4 aliphatic rings. The topological polar surface area (TPSA) is 288 Å². The minimum absolute atomic E-state index is 0.000334. The lowest BCUT2D eigenvalue weighted by atomic mass is 10.0. The third-order valence-corrected chi connectivity index (χ3v) is 15.1. The zero-order valence-electron chi connectivity index (χ0n) is 31.2. The van der Waals surface area contributed by atoms with E-state index >= 15 is 0 Å². The van der Waals surface area contributed by atoms with Gasteiger partial charge in [-0.05, 0) is 40.0 Å². The highest BCUT2D eigenvalue weighted by Gasteiger charge is 2.74. The number of anilines is 1. The van der Waals surface area contributed by atoms with E-state index in [-0.39, 0.29) is 36.0 Å². The number of fused-ring (bicyclic) bond motifs is 4. The van der Waals surface area contributed by atoms with Crippen molar-refractivity contribution in [2.24, 2.45) is 11.3 Å². The largest absolute Gasteiger partial charge is 0.509 e. The summed E-state index contributed by atoms with van der Waals surface area (Å²) in [6.45, 7) is 1.06. The molecule has 4 aromatic heterocycles. The first-order valence-corrected chi connectivity index (χ1v) is 22.5. The zero-order chi connectivity index (χ0) is 40.4. The highest BCUT2D eigenvalue weighted by atomic mass is 32.7. The molecule has 4 aromatic rings. The van der Waals surface area contributed by atoms with E-state index in [9.17, 15) is 23.8 Å². The van der Waals surface area contributed by atoms with Crippen molar-refractivity contribution in [3.63, 3.8) is 0 Å². The van der Waals surface area contributed by atoms with Gasteiger partial charge in [0.25, 0.3) is 5.56 Å². The van der Waals surface area contributed by atoms with E-state index in [4.69, 9.17) is 47.3 Å². The van der Waals surface area contributed by atoms with Gasteiger partial charge in [-0.15, -0.1) is 0 Å². The Morgan fingerprint density at radius 1 is 1.14 bits per heavy atom. The number of nitrogen functional groups attached to an aromatic ring is 1. The van der Waals surface area contributed by atoms with Crippen molar-refractivity contribution in [2.75, 3.05) is 38.6 Å². The molecule has 310 valence electrons. The Balaban J connectivity index is 1.19. The number of aryl methyl sites for hydroxylation is 1. The number of aliphatic hydroxyl groups excluding tert-OH is 1. The van der Waals surface area contributed by atoms with Gasteiger partial charge in [-0.1, -0.05) is 0 Å².